The predicted octanol–water partition coefficient (Wildman–Crippen LogP) is 2.72. The molecule has 1 aromatic rings. The fourth-order valence-electron chi connectivity index (χ4n) is 2.20. The van der Waals surface area contributed by atoms with Gasteiger partial charge in [0.2, 0.25) is 5.91 Å². The molecule has 0 radical (unpaired) electrons. The van der Waals surface area contributed by atoms with Crippen LogP contribution in [0.25, 0.3) is 0 Å². The van der Waals surface area contributed by atoms with Crippen LogP contribution in [0.3, 0.4) is 0 Å². The second-order valence-electron chi connectivity index (χ2n) is 5.26. The largest absolute Gasteiger partial charge is 0.481 e. The van der Waals surface area contributed by atoms with Crippen LogP contribution in [0, 0.1) is 0 Å². The smallest absolute Gasteiger partial charge is 0.314 e. The summed E-state index contributed by atoms with van der Waals surface area (Å²) in [6, 6.07) is 9.01. The Morgan fingerprint density at radius 3 is 2.20 bits per heavy atom. The van der Waals surface area contributed by atoms with Crippen LogP contribution in [0.1, 0.15) is 45.6 Å². The third-order valence-corrected chi connectivity index (χ3v) is 3.75. The molecule has 1 rings (SSSR count). The van der Waals surface area contributed by atoms with Gasteiger partial charge in [0.05, 0.1) is 5.41 Å². The van der Waals surface area contributed by atoms with E-state index in [0.717, 1.165) is 12.8 Å². The van der Waals surface area contributed by atoms with Crippen molar-refractivity contribution >= 4 is 11.9 Å². The molecule has 0 aliphatic carbocycles. The number of aliphatic carboxylic acids is 1. The van der Waals surface area contributed by atoms with Gasteiger partial charge in [0.25, 0.3) is 0 Å². The van der Waals surface area contributed by atoms with Crippen LogP contribution in [0.4, 0.5) is 0 Å². The molecule has 0 aliphatic heterocycles. The number of hydrogen-bond donors (Lipinski definition) is 2. The predicted molar refractivity (Wildman–Crippen MR) is 78.6 cm³/mol. The van der Waals surface area contributed by atoms with Gasteiger partial charge >= 0.3 is 5.97 Å². The van der Waals surface area contributed by atoms with Gasteiger partial charge < -0.3 is 10.4 Å². The van der Waals surface area contributed by atoms with Gasteiger partial charge in [-0.3, -0.25) is 9.59 Å². The van der Waals surface area contributed by atoms with Gasteiger partial charge in [0, 0.05) is 12.5 Å². The van der Waals surface area contributed by atoms with E-state index in [2.05, 4.69) is 5.32 Å². The molecular formula is C16H23NO3. The van der Waals surface area contributed by atoms with E-state index in [0.29, 0.717) is 5.56 Å². The van der Waals surface area contributed by atoms with E-state index in [4.69, 9.17) is 0 Å². The molecule has 0 bridgehead atoms. The molecule has 2 N–H and O–H groups in total. The molecule has 0 spiro atoms. The second kappa shape index (κ2) is 7.08. The van der Waals surface area contributed by atoms with Gasteiger partial charge in [-0.2, -0.15) is 0 Å². The van der Waals surface area contributed by atoms with Crippen LogP contribution in [0.5, 0.6) is 0 Å². The zero-order chi connectivity index (χ0) is 15.2. The molecule has 4 nitrogen and oxygen atoms in total. The Hall–Kier alpha value is -1.84. The standard InChI is InChI=1S/C16H23NO3/c1-4-13(5-2)17-14(18)11-16(3,15(19)20)12-9-7-6-8-10-12/h6-10,13H,4-5,11H2,1-3H3,(H,17,18)(H,19,20). The zero-order valence-corrected chi connectivity index (χ0v) is 12.3. The Balaban J connectivity index is 2.88. The fraction of sp³-hybridized carbons (Fsp3) is 0.500. The maximum atomic E-state index is 12.1. The SMILES string of the molecule is CCC(CC)NC(=O)CC(C)(C(=O)O)c1ccccc1. The maximum absolute atomic E-state index is 12.1. The Labute approximate surface area is 120 Å². The highest BCUT2D eigenvalue weighted by Gasteiger charge is 2.37. The molecule has 20 heavy (non-hydrogen) atoms. The summed E-state index contributed by atoms with van der Waals surface area (Å²) in [5, 5.41) is 12.4. The number of carboxylic acid groups (broad SMARTS) is 1. The van der Waals surface area contributed by atoms with Crippen LogP contribution in [-0.4, -0.2) is 23.0 Å². The number of nitrogens with one attached hydrogen (secondary N) is 1. The number of carbonyl (C=O) groups excluding carboxylic acids is 1. The second-order valence-corrected chi connectivity index (χ2v) is 5.26. The van der Waals surface area contributed by atoms with Gasteiger partial charge in [0.15, 0.2) is 0 Å². The Bertz CT molecular complexity index is 454. The van der Waals surface area contributed by atoms with Crippen LogP contribution >= 0.6 is 0 Å². The van der Waals surface area contributed by atoms with Crippen molar-refractivity contribution in [1.29, 1.82) is 0 Å². The minimum atomic E-state index is -1.20. The number of amides is 1. The molecule has 0 fully saturated rings. The maximum Gasteiger partial charge on any atom is 0.314 e. The highest BCUT2D eigenvalue weighted by atomic mass is 16.4. The van der Waals surface area contributed by atoms with E-state index in [9.17, 15) is 14.7 Å². The third kappa shape index (κ3) is 3.83. The van der Waals surface area contributed by atoms with Crippen molar-refractivity contribution in [3.05, 3.63) is 35.9 Å². The summed E-state index contributed by atoms with van der Waals surface area (Å²) < 4.78 is 0. The fourth-order valence-corrected chi connectivity index (χ4v) is 2.20. The number of rotatable bonds is 7. The summed E-state index contributed by atoms with van der Waals surface area (Å²) in [6.45, 7) is 5.60. The van der Waals surface area contributed by atoms with Crippen molar-refractivity contribution in [3.8, 4) is 0 Å². The van der Waals surface area contributed by atoms with E-state index < -0.39 is 11.4 Å². The first-order valence-corrected chi connectivity index (χ1v) is 7.02. The van der Waals surface area contributed by atoms with Crippen molar-refractivity contribution in [1.82, 2.24) is 5.32 Å². The molecule has 0 aromatic heterocycles. The first-order valence-electron chi connectivity index (χ1n) is 7.02. The van der Waals surface area contributed by atoms with Crippen molar-refractivity contribution < 1.29 is 14.7 Å². The van der Waals surface area contributed by atoms with Gasteiger partial charge in [-0.1, -0.05) is 44.2 Å². The molecule has 110 valence electrons. The highest BCUT2D eigenvalue weighted by molar-refractivity contribution is 5.89. The minimum absolute atomic E-state index is 0.0527. The topological polar surface area (TPSA) is 66.4 Å². The number of benzene rings is 1. The summed E-state index contributed by atoms with van der Waals surface area (Å²) in [5.41, 5.74) is -0.551. The van der Waals surface area contributed by atoms with Crippen molar-refractivity contribution in [2.45, 2.75) is 51.5 Å². The van der Waals surface area contributed by atoms with Crippen LogP contribution < -0.4 is 5.32 Å². The zero-order valence-electron chi connectivity index (χ0n) is 12.3. The quantitative estimate of drug-likeness (QED) is 0.805. The minimum Gasteiger partial charge on any atom is -0.481 e. The van der Waals surface area contributed by atoms with E-state index in [-0.39, 0.29) is 18.4 Å². The molecule has 0 saturated heterocycles. The lowest BCUT2D eigenvalue weighted by Crippen LogP contribution is -2.41. The molecule has 0 saturated carbocycles. The Morgan fingerprint density at radius 1 is 1.20 bits per heavy atom. The number of hydrogen-bond acceptors (Lipinski definition) is 2. The lowest BCUT2D eigenvalue weighted by atomic mass is 9.79. The van der Waals surface area contributed by atoms with Gasteiger partial charge in [-0.05, 0) is 25.3 Å². The molecule has 1 aromatic carbocycles. The van der Waals surface area contributed by atoms with E-state index in [1.54, 1.807) is 31.2 Å². The normalized spacial score (nSPS) is 13.8. The molecule has 1 atom stereocenters. The summed E-state index contributed by atoms with van der Waals surface area (Å²) in [7, 11) is 0. The Kier molecular flexibility index (Phi) is 5.74. The van der Waals surface area contributed by atoms with Gasteiger partial charge in [-0.25, -0.2) is 0 Å². The lowest BCUT2D eigenvalue weighted by molar-refractivity contribution is -0.145. The van der Waals surface area contributed by atoms with Crippen molar-refractivity contribution in [2.75, 3.05) is 0 Å². The van der Waals surface area contributed by atoms with Crippen LogP contribution in [0.15, 0.2) is 30.3 Å². The van der Waals surface area contributed by atoms with Crippen molar-refractivity contribution in [2.24, 2.45) is 0 Å². The van der Waals surface area contributed by atoms with Crippen LogP contribution in [0.2, 0.25) is 0 Å². The average molecular weight is 277 g/mol. The lowest BCUT2D eigenvalue weighted by Gasteiger charge is -2.26. The first-order chi connectivity index (χ1) is 9.43. The average Bonchev–Trinajstić information content (AvgIpc) is 2.45. The summed E-state index contributed by atoms with van der Waals surface area (Å²) in [5.74, 6) is -1.20. The van der Waals surface area contributed by atoms with Gasteiger partial charge in [0.1, 0.15) is 0 Å². The molecule has 1 unspecified atom stereocenters. The summed E-state index contributed by atoms with van der Waals surface area (Å²) in [6.07, 6.45) is 1.64. The van der Waals surface area contributed by atoms with E-state index in [1.807, 2.05) is 19.9 Å². The number of carbonyl (C=O) groups is 2. The molecule has 4 heteroatoms. The molecule has 0 heterocycles. The number of carboxylic acids is 1. The summed E-state index contributed by atoms with van der Waals surface area (Å²) in [4.78, 5) is 23.7. The van der Waals surface area contributed by atoms with Gasteiger partial charge in [-0.15, -0.1) is 0 Å². The third-order valence-electron chi connectivity index (χ3n) is 3.75. The van der Waals surface area contributed by atoms with E-state index in [1.165, 1.54) is 0 Å². The monoisotopic (exact) mass is 277 g/mol. The van der Waals surface area contributed by atoms with Crippen LogP contribution in [-0.2, 0) is 15.0 Å². The molecule has 1 amide bonds. The first kappa shape index (κ1) is 16.2. The molecule has 0 aliphatic rings. The summed E-state index contributed by atoms with van der Waals surface area (Å²) >= 11 is 0. The van der Waals surface area contributed by atoms with Crippen molar-refractivity contribution in [3.63, 3.8) is 0 Å². The molecular weight excluding hydrogens is 254 g/mol. The van der Waals surface area contributed by atoms with E-state index >= 15 is 0 Å². The Morgan fingerprint density at radius 2 is 1.75 bits per heavy atom. The highest BCUT2D eigenvalue weighted by Crippen LogP contribution is 2.28.